The van der Waals surface area contributed by atoms with Crippen LogP contribution in [-0.2, 0) is 0 Å². The summed E-state index contributed by atoms with van der Waals surface area (Å²) in [5.74, 6) is 6.88. The first-order chi connectivity index (χ1) is 9.15. The van der Waals surface area contributed by atoms with Crippen molar-refractivity contribution in [2.24, 2.45) is 5.84 Å². The Hall–Kier alpha value is -1.67. The van der Waals surface area contributed by atoms with Crippen molar-refractivity contribution in [3.05, 3.63) is 0 Å². The van der Waals surface area contributed by atoms with Crippen molar-refractivity contribution in [3.8, 4) is 0 Å². The number of aromatic nitrogens is 3. The number of hydrogen-bond acceptors (Lipinski definition) is 8. The van der Waals surface area contributed by atoms with Gasteiger partial charge in [-0.25, -0.2) is 5.84 Å². The Bertz CT molecular complexity index is 422. The molecule has 1 atom stereocenters. The molecule has 0 spiro atoms. The smallest absolute Gasteiger partial charge is 0.243 e. The Morgan fingerprint density at radius 2 is 2.05 bits per heavy atom. The van der Waals surface area contributed by atoms with Crippen LogP contribution in [0.15, 0.2) is 0 Å². The second kappa shape index (κ2) is 5.98. The Balaban J connectivity index is 2.29. The average Bonchev–Trinajstić information content (AvgIpc) is 2.99. The third kappa shape index (κ3) is 3.02. The van der Waals surface area contributed by atoms with Crippen molar-refractivity contribution in [2.75, 3.05) is 42.0 Å². The zero-order valence-electron chi connectivity index (χ0n) is 11.4. The molecule has 8 nitrogen and oxygen atoms in total. The van der Waals surface area contributed by atoms with Crippen molar-refractivity contribution in [1.82, 2.24) is 15.0 Å². The zero-order valence-corrected chi connectivity index (χ0v) is 11.4. The minimum atomic E-state index is -0.0700. The lowest BCUT2D eigenvalue weighted by Gasteiger charge is -2.24. The summed E-state index contributed by atoms with van der Waals surface area (Å²) in [6.45, 7) is 3.83. The molecule has 1 saturated heterocycles. The summed E-state index contributed by atoms with van der Waals surface area (Å²) in [7, 11) is 1.84. The van der Waals surface area contributed by atoms with Crippen molar-refractivity contribution in [2.45, 2.75) is 25.8 Å². The molecule has 8 heteroatoms. The van der Waals surface area contributed by atoms with Gasteiger partial charge in [0.2, 0.25) is 17.8 Å². The molecule has 0 aromatic carbocycles. The summed E-state index contributed by atoms with van der Waals surface area (Å²) in [6, 6.07) is -0.0700. The summed E-state index contributed by atoms with van der Waals surface area (Å²) in [5.41, 5.74) is 2.46. The normalized spacial score (nSPS) is 16.5. The van der Waals surface area contributed by atoms with Crippen LogP contribution in [0.2, 0.25) is 0 Å². The van der Waals surface area contributed by atoms with Crippen LogP contribution in [0.5, 0.6) is 0 Å². The molecule has 0 radical (unpaired) electrons. The number of rotatable bonds is 5. The number of anilines is 3. The molecule has 1 aromatic rings. The second-order valence-electron chi connectivity index (χ2n) is 4.74. The summed E-state index contributed by atoms with van der Waals surface area (Å²) in [5, 5.41) is 9.21. The van der Waals surface area contributed by atoms with Gasteiger partial charge in [-0.1, -0.05) is 0 Å². The maximum Gasteiger partial charge on any atom is 0.243 e. The summed E-state index contributed by atoms with van der Waals surface area (Å²) in [4.78, 5) is 16.9. The van der Waals surface area contributed by atoms with Crippen LogP contribution in [0.1, 0.15) is 19.8 Å². The molecule has 2 heterocycles. The van der Waals surface area contributed by atoms with Crippen LogP contribution in [0.3, 0.4) is 0 Å². The number of hydrazine groups is 1. The van der Waals surface area contributed by atoms with Gasteiger partial charge in [-0.2, -0.15) is 15.0 Å². The highest BCUT2D eigenvalue weighted by Crippen LogP contribution is 2.20. The molecule has 1 unspecified atom stereocenters. The van der Waals surface area contributed by atoms with E-state index in [9.17, 15) is 5.11 Å². The lowest BCUT2D eigenvalue weighted by Crippen LogP contribution is -2.34. The van der Waals surface area contributed by atoms with E-state index in [2.05, 4.69) is 25.3 Å². The summed E-state index contributed by atoms with van der Waals surface area (Å²) in [6.07, 6.45) is 2.30. The van der Waals surface area contributed by atoms with Gasteiger partial charge in [0.15, 0.2) is 0 Å². The van der Waals surface area contributed by atoms with Gasteiger partial charge in [-0.05, 0) is 19.8 Å². The van der Waals surface area contributed by atoms with E-state index in [1.54, 1.807) is 0 Å². The molecule has 1 aliphatic rings. The first-order valence-corrected chi connectivity index (χ1v) is 6.47. The van der Waals surface area contributed by atoms with E-state index in [1.807, 2.05) is 18.9 Å². The first-order valence-electron chi connectivity index (χ1n) is 6.47. The fraction of sp³-hybridized carbons (Fsp3) is 0.727. The van der Waals surface area contributed by atoms with Gasteiger partial charge >= 0.3 is 0 Å². The van der Waals surface area contributed by atoms with E-state index in [0.29, 0.717) is 17.8 Å². The number of nitrogens with two attached hydrogens (primary N) is 1. The average molecular weight is 267 g/mol. The number of nitrogen functional groups attached to an aromatic ring is 1. The highest BCUT2D eigenvalue weighted by atomic mass is 16.3. The van der Waals surface area contributed by atoms with Gasteiger partial charge in [0, 0.05) is 20.1 Å². The highest BCUT2D eigenvalue weighted by Gasteiger charge is 2.19. The molecule has 106 valence electrons. The maximum atomic E-state index is 9.21. The van der Waals surface area contributed by atoms with E-state index in [0.717, 1.165) is 25.9 Å². The number of likely N-dealkylation sites (N-methyl/N-ethyl adjacent to an activating group) is 1. The predicted molar refractivity (Wildman–Crippen MR) is 74.0 cm³/mol. The van der Waals surface area contributed by atoms with Crippen LogP contribution in [0, 0.1) is 0 Å². The van der Waals surface area contributed by atoms with Crippen molar-refractivity contribution in [3.63, 3.8) is 0 Å². The molecule has 0 aliphatic carbocycles. The standard InChI is InChI=1S/C11H21N7O/c1-8(7-19)17(2)10-13-9(16-12)14-11(15-10)18-5-3-4-6-18/h8,19H,3-7,12H2,1-2H3,(H,13,14,15,16). The third-order valence-corrected chi connectivity index (χ3v) is 3.37. The van der Waals surface area contributed by atoms with E-state index in [4.69, 9.17) is 5.84 Å². The van der Waals surface area contributed by atoms with Crippen molar-refractivity contribution in [1.29, 1.82) is 0 Å². The van der Waals surface area contributed by atoms with Crippen LogP contribution in [0.4, 0.5) is 17.8 Å². The van der Waals surface area contributed by atoms with Gasteiger partial charge in [0.1, 0.15) is 0 Å². The molecule has 0 saturated carbocycles. The van der Waals surface area contributed by atoms with E-state index >= 15 is 0 Å². The lowest BCUT2D eigenvalue weighted by molar-refractivity contribution is 0.269. The molecular formula is C11H21N7O. The largest absolute Gasteiger partial charge is 0.394 e. The van der Waals surface area contributed by atoms with Crippen LogP contribution < -0.4 is 21.1 Å². The molecule has 4 N–H and O–H groups in total. The highest BCUT2D eigenvalue weighted by molar-refractivity contribution is 5.45. The number of nitrogens with one attached hydrogen (secondary N) is 1. The lowest BCUT2D eigenvalue weighted by atomic mass is 10.3. The fourth-order valence-corrected chi connectivity index (χ4v) is 1.95. The van der Waals surface area contributed by atoms with Gasteiger partial charge < -0.3 is 14.9 Å². The van der Waals surface area contributed by atoms with Crippen LogP contribution >= 0.6 is 0 Å². The Morgan fingerprint density at radius 1 is 1.37 bits per heavy atom. The van der Waals surface area contributed by atoms with Crippen LogP contribution in [0.25, 0.3) is 0 Å². The van der Waals surface area contributed by atoms with Gasteiger partial charge in [-0.3, -0.25) is 5.43 Å². The Labute approximate surface area is 112 Å². The van der Waals surface area contributed by atoms with E-state index in [1.165, 1.54) is 0 Å². The van der Waals surface area contributed by atoms with E-state index < -0.39 is 0 Å². The summed E-state index contributed by atoms with van der Waals surface area (Å²) < 4.78 is 0. The maximum absolute atomic E-state index is 9.21. The zero-order chi connectivity index (χ0) is 13.8. The number of aliphatic hydroxyl groups excluding tert-OH is 1. The number of aliphatic hydroxyl groups is 1. The van der Waals surface area contributed by atoms with Crippen molar-refractivity contribution >= 4 is 17.8 Å². The van der Waals surface area contributed by atoms with Gasteiger partial charge in [0.25, 0.3) is 0 Å². The van der Waals surface area contributed by atoms with Gasteiger partial charge in [0.05, 0.1) is 12.6 Å². The molecular weight excluding hydrogens is 246 g/mol. The first kappa shape index (κ1) is 13.8. The monoisotopic (exact) mass is 267 g/mol. The molecule has 1 fully saturated rings. The van der Waals surface area contributed by atoms with Crippen LogP contribution in [-0.4, -0.2) is 52.8 Å². The fourth-order valence-electron chi connectivity index (χ4n) is 1.95. The van der Waals surface area contributed by atoms with Crippen molar-refractivity contribution < 1.29 is 5.11 Å². The van der Waals surface area contributed by atoms with Gasteiger partial charge in [-0.15, -0.1) is 0 Å². The Kier molecular flexibility index (Phi) is 4.33. The SMILES string of the molecule is CC(CO)N(C)c1nc(NN)nc(N2CCCC2)n1. The molecule has 0 bridgehead atoms. The molecule has 2 rings (SSSR count). The minimum absolute atomic E-state index is 0.0343. The second-order valence-corrected chi connectivity index (χ2v) is 4.74. The molecule has 1 aliphatic heterocycles. The molecule has 1 aromatic heterocycles. The number of nitrogens with zero attached hydrogens (tertiary/aromatic N) is 5. The van der Waals surface area contributed by atoms with E-state index in [-0.39, 0.29) is 12.6 Å². The molecule has 19 heavy (non-hydrogen) atoms. The minimum Gasteiger partial charge on any atom is -0.394 e. The summed E-state index contributed by atoms with van der Waals surface area (Å²) >= 11 is 0. The third-order valence-electron chi connectivity index (χ3n) is 3.37. The number of hydrogen-bond donors (Lipinski definition) is 3. The predicted octanol–water partition coefficient (Wildman–Crippen LogP) is -0.426. The topological polar surface area (TPSA) is 103 Å². The molecule has 0 amide bonds. The Morgan fingerprint density at radius 3 is 2.63 bits per heavy atom. The quantitative estimate of drug-likeness (QED) is 0.488.